The number of amides is 1. The van der Waals surface area contributed by atoms with Crippen molar-refractivity contribution in [2.75, 3.05) is 43.8 Å². The Morgan fingerprint density at radius 2 is 1.58 bits per heavy atom. The number of hydrogen-bond donors (Lipinski definition) is 1. The maximum absolute atomic E-state index is 12.7. The Morgan fingerprint density at radius 1 is 0.970 bits per heavy atom. The summed E-state index contributed by atoms with van der Waals surface area (Å²) < 4.78 is 56.8. The molecule has 33 heavy (non-hydrogen) atoms. The van der Waals surface area contributed by atoms with Crippen molar-refractivity contribution in [2.24, 2.45) is 0 Å². The first-order chi connectivity index (χ1) is 15.6. The molecular weight excluding hydrogens is 466 g/mol. The van der Waals surface area contributed by atoms with E-state index in [1.54, 1.807) is 36.4 Å². The molecule has 2 aromatic rings. The third-order valence-corrected chi connectivity index (χ3v) is 8.54. The number of hydrogen-bond acceptors (Lipinski definition) is 6. The Balaban J connectivity index is 1.47. The molecule has 0 radical (unpaired) electrons. The molecule has 1 N–H and O–H groups in total. The van der Waals surface area contributed by atoms with Crippen molar-refractivity contribution in [2.45, 2.75) is 24.2 Å². The molecule has 2 aromatic carbocycles. The van der Waals surface area contributed by atoms with Crippen LogP contribution in [0.2, 0.25) is 0 Å². The largest absolute Gasteiger partial charge is 0.492 e. The second-order valence-electron chi connectivity index (χ2n) is 7.82. The van der Waals surface area contributed by atoms with E-state index in [0.717, 1.165) is 29.8 Å². The van der Waals surface area contributed by atoms with Crippen LogP contribution in [-0.2, 0) is 20.0 Å². The lowest BCUT2D eigenvalue weighted by molar-refractivity contribution is 0.0947. The summed E-state index contributed by atoms with van der Waals surface area (Å²) in [6.07, 6.45) is 3.93. The van der Waals surface area contributed by atoms with Gasteiger partial charge in [0.05, 0.1) is 23.4 Å². The summed E-state index contributed by atoms with van der Waals surface area (Å²) in [5.74, 6) is 0.199. The lowest BCUT2D eigenvalue weighted by Gasteiger charge is -2.25. The molecule has 1 heterocycles. The van der Waals surface area contributed by atoms with Gasteiger partial charge >= 0.3 is 0 Å². The maximum atomic E-state index is 12.7. The average molecular weight is 496 g/mol. The van der Waals surface area contributed by atoms with E-state index in [0.29, 0.717) is 30.1 Å². The Kier molecular flexibility index (Phi) is 7.98. The van der Waals surface area contributed by atoms with E-state index in [-0.39, 0.29) is 24.0 Å². The van der Waals surface area contributed by atoms with E-state index in [9.17, 15) is 21.6 Å². The topological polar surface area (TPSA) is 113 Å². The first-order valence-corrected chi connectivity index (χ1v) is 13.9. The third kappa shape index (κ3) is 6.46. The lowest BCUT2D eigenvalue weighted by Crippen LogP contribution is -2.35. The van der Waals surface area contributed by atoms with Crippen LogP contribution in [0.1, 0.15) is 29.6 Å². The predicted molar refractivity (Wildman–Crippen MR) is 127 cm³/mol. The highest BCUT2D eigenvalue weighted by atomic mass is 32.2. The van der Waals surface area contributed by atoms with Crippen molar-refractivity contribution >= 4 is 31.6 Å². The van der Waals surface area contributed by atoms with E-state index in [2.05, 4.69) is 5.32 Å². The molecule has 3 rings (SSSR count). The van der Waals surface area contributed by atoms with Crippen LogP contribution in [0.25, 0.3) is 0 Å². The molecule has 0 bridgehead atoms. The molecule has 1 saturated heterocycles. The van der Waals surface area contributed by atoms with E-state index >= 15 is 0 Å². The summed E-state index contributed by atoms with van der Waals surface area (Å²) in [5, 5.41) is 2.73. The Labute approximate surface area is 195 Å². The van der Waals surface area contributed by atoms with Crippen LogP contribution >= 0.6 is 0 Å². The van der Waals surface area contributed by atoms with Crippen molar-refractivity contribution in [1.29, 1.82) is 0 Å². The fraction of sp³-hybridized carbons (Fsp3) is 0.409. The molecule has 0 aliphatic carbocycles. The minimum Gasteiger partial charge on any atom is -0.492 e. The van der Waals surface area contributed by atoms with Crippen LogP contribution < -0.4 is 14.4 Å². The SMILES string of the molecule is CN(c1ccc(C(=O)NCCOc2ccc(S(=O)(=O)N3CCCCC3)cc2)cc1)S(C)(=O)=O. The molecule has 0 aromatic heterocycles. The number of nitrogens with one attached hydrogen (secondary N) is 1. The smallest absolute Gasteiger partial charge is 0.251 e. The normalized spacial score (nSPS) is 15.1. The number of carbonyl (C=O) groups excluding carboxylic acids is 1. The quantitative estimate of drug-likeness (QED) is 0.533. The number of nitrogens with zero attached hydrogens (tertiary/aromatic N) is 2. The molecule has 1 aliphatic heterocycles. The first kappa shape index (κ1) is 25.0. The monoisotopic (exact) mass is 495 g/mol. The fourth-order valence-electron chi connectivity index (χ4n) is 3.41. The number of sulfonamides is 2. The zero-order valence-electron chi connectivity index (χ0n) is 18.7. The van der Waals surface area contributed by atoms with E-state index in [1.807, 2.05) is 0 Å². The Morgan fingerprint density at radius 3 is 2.15 bits per heavy atom. The molecular formula is C22H29N3O6S2. The number of benzene rings is 2. The van der Waals surface area contributed by atoms with Crippen LogP contribution in [-0.4, -0.2) is 66.6 Å². The molecule has 1 fully saturated rings. The molecule has 0 atom stereocenters. The van der Waals surface area contributed by atoms with Gasteiger partial charge in [-0.2, -0.15) is 4.31 Å². The van der Waals surface area contributed by atoms with Crippen molar-refractivity contribution < 1.29 is 26.4 Å². The van der Waals surface area contributed by atoms with Crippen molar-refractivity contribution in [3.63, 3.8) is 0 Å². The fourth-order valence-corrected chi connectivity index (χ4v) is 5.43. The molecule has 1 amide bonds. The van der Waals surface area contributed by atoms with Gasteiger partial charge in [-0.1, -0.05) is 6.42 Å². The number of anilines is 1. The summed E-state index contributed by atoms with van der Waals surface area (Å²) in [5.41, 5.74) is 0.857. The van der Waals surface area contributed by atoms with Gasteiger partial charge in [0.1, 0.15) is 12.4 Å². The number of ether oxygens (including phenoxy) is 1. The summed E-state index contributed by atoms with van der Waals surface area (Å²) in [6.45, 7) is 1.56. The minimum absolute atomic E-state index is 0.207. The van der Waals surface area contributed by atoms with Gasteiger partial charge in [-0.05, 0) is 61.4 Å². The molecule has 0 spiro atoms. The highest BCUT2D eigenvalue weighted by molar-refractivity contribution is 7.92. The Hall–Kier alpha value is -2.63. The average Bonchev–Trinajstić information content (AvgIpc) is 2.81. The lowest BCUT2D eigenvalue weighted by atomic mass is 10.2. The molecule has 180 valence electrons. The first-order valence-electron chi connectivity index (χ1n) is 10.6. The minimum atomic E-state index is -3.48. The summed E-state index contributed by atoms with van der Waals surface area (Å²) in [7, 11) is -5.41. The van der Waals surface area contributed by atoms with E-state index < -0.39 is 20.0 Å². The maximum Gasteiger partial charge on any atom is 0.251 e. The van der Waals surface area contributed by atoms with Gasteiger partial charge in [-0.25, -0.2) is 16.8 Å². The number of piperidine rings is 1. The predicted octanol–water partition coefficient (Wildman–Crippen LogP) is 2.07. The molecule has 0 saturated carbocycles. The van der Waals surface area contributed by atoms with Crippen LogP contribution in [0.4, 0.5) is 5.69 Å². The second-order valence-corrected chi connectivity index (χ2v) is 11.8. The van der Waals surface area contributed by atoms with Gasteiger partial charge in [-0.3, -0.25) is 9.10 Å². The highest BCUT2D eigenvalue weighted by Crippen LogP contribution is 2.22. The van der Waals surface area contributed by atoms with Gasteiger partial charge in [0.25, 0.3) is 5.91 Å². The highest BCUT2D eigenvalue weighted by Gasteiger charge is 2.25. The van der Waals surface area contributed by atoms with Gasteiger partial charge in [0.2, 0.25) is 20.0 Å². The Bertz CT molecular complexity index is 1160. The summed E-state index contributed by atoms with van der Waals surface area (Å²) in [6, 6.07) is 12.5. The molecule has 1 aliphatic rings. The van der Waals surface area contributed by atoms with Crippen molar-refractivity contribution in [3.8, 4) is 5.75 Å². The number of carbonyl (C=O) groups is 1. The van der Waals surface area contributed by atoms with Crippen LogP contribution in [0.3, 0.4) is 0 Å². The van der Waals surface area contributed by atoms with Gasteiger partial charge in [-0.15, -0.1) is 0 Å². The second kappa shape index (κ2) is 10.5. The van der Waals surface area contributed by atoms with Crippen molar-refractivity contribution in [3.05, 3.63) is 54.1 Å². The van der Waals surface area contributed by atoms with Crippen molar-refractivity contribution in [1.82, 2.24) is 9.62 Å². The van der Waals surface area contributed by atoms with Gasteiger partial charge in [0.15, 0.2) is 0 Å². The zero-order chi connectivity index (χ0) is 24.1. The zero-order valence-corrected chi connectivity index (χ0v) is 20.4. The van der Waals surface area contributed by atoms with Gasteiger partial charge < -0.3 is 10.1 Å². The summed E-state index contributed by atoms with van der Waals surface area (Å²) in [4.78, 5) is 12.5. The van der Waals surface area contributed by atoms with Gasteiger partial charge in [0, 0.05) is 25.7 Å². The summed E-state index contributed by atoms with van der Waals surface area (Å²) >= 11 is 0. The molecule has 9 nitrogen and oxygen atoms in total. The van der Waals surface area contributed by atoms with Crippen LogP contribution in [0.5, 0.6) is 5.75 Å². The van der Waals surface area contributed by atoms with E-state index in [4.69, 9.17) is 4.74 Å². The standard InChI is InChI=1S/C22H29N3O6S2/c1-24(32(2,27)28)19-8-6-18(7-9-19)22(26)23-14-17-31-20-10-12-21(13-11-20)33(29,30)25-15-4-3-5-16-25/h6-13H,3-5,14-17H2,1-2H3,(H,23,26). The molecule has 11 heteroatoms. The van der Waals surface area contributed by atoms with Crippen LogP contribution in [0, 0.1) is 0 Å². The third-order valence-electron chi connectivity index (χ3n) is 5.42. The van der Waals surface area contributed by atoms with Crippen LogP contribution in [0.15, 0.2) is 53.4 Å². The van der Waals surface area contributed by atoms with E-state index in [1.165, 1.54) is 23.5 Å². The molecule has 0 unspecified atom stereocenters. The number of rotatable bonds is 9.